The fourth-order valence-corrected chi connectivity index (χ4v) is 1.88. The molecule has 1 saturated carbocycles. The Balaban J connectivity index is 2.30. The molecule has 7 heteroatoms. The first-order valence-corrected chi connectivity index (χ1v) is 5.36. The van der Waals surface area contributed by atoms with E-state index in [9.17, 15) is 15.2 Å². The molecule has 0 spiro atoms. The van der Waals surface area contributed by atoms with Crippen molar-refractivity contribution >= 4 is 17.3 Å². The van der Waals surface area contributed by atoms with Crippen LogP contribution in [-0.2, 0) is 0 Å². The third-order valence-corrected chi connectivity index (χ3v) is 3.09. The van der Waals surface area contributed by atoms with Crippen LogP contribution in [0.2, 0.25) is 0 Å². The molecule has 0 aliphatic heterocycles. The van der Waals surface area contributed by atoms with Crippen molar-refractivity contribution in [2.75, 3.05) is 17.7 Å². The van der Waals surface area contributed by atoms with E-state index >= 15 is 0 Å². The summed E-state index contributed by atoms with van der Waals surface area (Å²) in [6, 6.07) is 2.70. The number of nitrogens with zero attached hydrogens (tertiary/aromatic N) is 2. The van der Waals surface area contributed by atoms with E-state index < -0.39 is 10.5 Å². The Kier molecular flexibility index (Phi) is 2.84. The smallest absolute Gasteiger partial charge is 0.311 e. The molecule has 17 heavy (non-hydrogen) atoms. The maximum atomic E-state index is 10.8. The van der Waals surface area contributed by atoms with Gasteiger partial charge in [0.15, 0.2) is 0 Å². The lowest BCUT2D eigenvalue weighted by Gasteiger charge is -2.41. The van der Waals surface area contributed by atoms with Crippen LogP contribution < -0.4 is 11.1 Å². The van der Waals surface area contributed by atoms with Crippen molar-refractivity contribution in [1.29, 1.82) is 0 Å². The molecule has 2 rings (SSSR count). The van der Waals surface area contributed by atoms with Crippen molar-refractivity contribution in [2.24, 2.45) is 0 Å². The summed E-state index contributed by atoms with van der Waals surface area (Å²) in [7, 11) is 0. The Bertz CT molecular complexity index is 440. The number of nitro groups is 1. The average molecular weight is 238 g/mol. The summed E-state index contributed by atoms with van der Waals surface area (Å²) < 4.78 is 0. The molecule has 1 aliphatic rings. The predicted molar refractivity (Wildman–Crippen MR) is 62.6 cm³/mol. The third kappa shape index (κ3) is 2.14. The summed E-state index contributed by atoms with van der Waals surface area (Å²) >= 11 is 0. The summed E-state index contributed by atoms with van der Waals surface area (Å²) in [5.74, 6) is 0.342. The number of hydrogen-bond donors (Lipinski definition) is 3. The molecule has 1 aromatic heterocycles. The lowest BCUT2D eigenvalue weighted by molar-refractivity contribution is -0.384. The minimum absolute atomic E-state index is 0.0688. The van der Waals surface area contributed by atoms with Crippen LogP contribution in [-0.4, -0.2) is 27.2 Å². The number of aromatic nitrogens is 1. The molecular weight excluding hydrogens is 224 g/mol. The van der Waals surface area contributed by atoms with E-state index in [4.69, 9.17) is 5.73 Å². The number of aliphatic hydroxyl groups is 1. The van der Waals surface area contributed by atoms with Gasteiger partial charge in [0.25, 0.3) is 0 Å². The Morgan fingerprint density at radius 1 is 1.59 bits per heavy atom. The minimum Gasteiger partial charge on any atom is -0.394 e. The molecule has 7 nitrogen and oxygen atoms in total. The maximum absolute atomic E-state index is 10.8. The van der Waals surface area contributed by atoms with E-state index in [2.05, 4.69) is 10.3 Å². The maximum Gasteiger partial charge on any atom is 0.311 e. The number of nitrogens with one attached hydrogen (secondary N) is 1. The molecule has 0 amide bonds. The second-order valence-corrected chi connectivity index (χ2v) is 4.28. The Hall–Kier alpha value is -1.89. The van der Waals surface area contributed by atoms with E-state index in [0.29, 0.717) is 0 Å². The Labute approximate surface area is 97.8 Å². The molecular formula is C10H14N4O3. The molecule has 1 heterocycles. The van der Waals surface area contributed by atoms with Crippen molar-refractivity contribution in [3.63, 3.8) is 0 Å². The lowest BCUT2D eigenvalue weighted by atomic mass is 9.77. The largest absolute Gasteiger partial charge is 0.394 e. The van der Waals surface area contributed by atoms with Gasteiger partial charge in [0.1, 0.15) is 5.82 Å². The zero-order valence-corrected chi connectivity index (χ0v) is 9.22. The molecule has 1 aromatic rings. The number of nitrogens with two attached hydrogens (primary N) is 1. The zero-order valence-electron chi connectivity index (χ0n) is 9.22. The summed E-state index contributed by atoms with van der Waals surface area (Å²) in [4.78, 5) is 14.2. The first-order chi connectivity index (χ1) is 8.06. The van der Waals surface area contributed by atoms with E-state index in [-0.39, 0.29) is 23.9 Å². The normalized spacial score (nSPS) is 17.2. The van der Waals surface area contributed by atoms with Crippen LogP contribution in [0.1, 0.15) is 19.3 Å². The van der Waals surface area contributed by atoms with Gasteiger partial charge in [-0.25, -0.2) is 4.98 Å². The van der Waals surface area contributed by atoms with E-state index in [1.165, 1.54) is 12.1 Å². The minimum atomic E-state index is -0.515. The van der Waals surface area contributed by atoms with E-state index in [1.807, 2.05) is 0 Å². The van der Waals surface area contributed by atoms with Crippen LogP contribution in [0, 0.1) is 10.1 Å². The number of rotatable bonds is 4. The van der Waals surface area contributed by atoms with Crippen LogP contribution in [0.4, 0.5) is 17.3 Å². The summed E-state index contributed by atoms with van der Waals surface area (Å²) in [6.45, 7) is -0.0688. The topological polar surface area (TPSA) is 114 Å². The predicted octanol–water partition coefficient (Wildman–Crippen LogP) is 0.899. The number of anilines is 2. The molecule has 92 valence electrons. The highest BCUT2D eigenvalue weighted by Crippen LogP contribution is 2.36. The van der Waals surface area contributed by atoms with Crippen molar-refractivity contribution < 1.29 is 10.0 Å². The van der Waals surface area contributed by atoms with Gasteiger partial charge in [0, 0.05) is 6.07 Å². The van der Waals surface area contributed by atoms with E-state index in [0.717, 1.165) is 19.3 Å². The van der Waals surface area contributed by atoms with Gasteiger partial charge >= 0.3 is 5.69 Å². The molecule has 1 aliphatic carbocycles. The first kappa shape index (κ1) is 11.6. The Morgan fingerprint density at radius 2 is 2.29 bits per heavy atom. The van der Waals surface area contributed by atoms with Crippen molar-refractivity contribution in [2.45, 2.75) is 24.8 Å². The molecule has 0 radical (unpaired) electrons. The number of hydrogen-bond acceptors (Lipinski definition) is 6. The third-order valence-electron chi connectivity index (χ3n) is 3.09. The molecule has 0 aromatic carbocycles. The highest BCUT2D eigenvalue weighted by molar-refractivity contribution is 5.60. The van der Waals surface area contributed by atoms with Gasteiger partial charge in [-0.2, -0.15) is 0 Å². The van der Waals surface area contributed by atoms with Crippen LogP contribution in [0.15, 0.2) is 12.1 Å². The van der Waals surface area contributed by atoms with Crippen molar-refractivity contribution in [3.05, 3.63) is 22.2 Å². The summed E-state index contributed by atoms with van der Waals surface area (Å²) in [6.07, 6.45) is 2.54. The fraction of sp³-hybridized carbons (Fsp3) is 0.500. The highest BCUT2D eigenvalue weighted by Gasteiger charge is 2.38. The standard InChI is InChI=1S/C10H14N4O3/c11-8-3-2-7(14(16)17)9(12-8)13-10(6-15)4-1-5-10/h2-3,15H,1,4-6H2,(H3,11,12,13). The molecule has 0 bridgehead atoms. The van der Waals surface area contributed by atoms with Gasteiger partial charge in [-0.15, -0.1) is 0 Å². The second kappa shape index (κ2) is 4.17. The van der Waals surface area contributed by atoms with Gasteiger partial charge in [-0.05, 0) is 25.3 Å². The quantitative estimate of drug-likeness (QED) is 0.530. The number of aliphatic hydroxyl groups excluding tert-OH is 1. The zero-order chi connectivity index (χ0) is 12.5. The first-order valence-electron chi connectivity index (χ1n) is 5.36. The molecule has 0 atom stereocenters. The van der Waals surface area contributed by atoms with Gasteiger partial charge < -0.3 is 16.2 Å². The van der Waals surface area contributed by atoms with Crippen LogP contribution in [0.3, 0.4) is 0 Å². The second-order valence-electron chi connectivity index (χ2n) is 4.28. The Morgan fingerprint density at radius 3 is 2.76 bits per heavy atom. The van der Waals surface area contributed by atoms with Gasteiger partial charge in [-0.3, -0.25) is 10.1 Å². The van der Waals surface area contributed by atoms with Crippen LogP contribution in [0.5, 0.6) is 0 Å². The van der Waals surface area contributed by atoms with Gasteiger partial charge in [0.05, 0.1) is 17.1 Å². The molecule has 4 N–H and O–H groups in total. The number of nitrogen functional groups attached to an aromatic ring is 1. The van der Waals surface area contributed by atoms with Crippen LogP contribution >= 0.6 is 0 Å². The van der Waals surface area contributed by atoms with Gasteiger partial charge in [-0.1, -0.05) is 0 Å². The molecule has 1 fully saturated rings. The van der Waals surface area contributed by atoms with Crippen molar-refractivity contribution in [1.82, 2.24) is 4.98 Å². The average Bonchev–Trinajstić information content (AvgIpc) is 2.23. The van der Waals surface area contributed by atoms with Crippen LogP contribution in [0.25, 0.3) is 0 Å². The summed E-state index contributed by atoms with van der Waals surface area (Å²) in [5.41, 5.74) is 4.90. The SMILES string of the molecule is Nc1ccc([N+](=O)[O-])c(NC2(CO)CCC2)n1. The van der Waals surface area contributed by atoms with Crippen molar-refractivity contribution in [3.8, 4) is 0 Å². The highest BCUT2D eigenvalue weighted by atomic mass is 16.6. The summed E-state index contributed by atoms with van der Waals surface area (Å²) in [5, 5.41) is 23.1. The number of pyridine rings is 1. The molecule has 0 unspecified atom stereocenters. The molecule has 0 saturated heterocycles. The van der Waals surface area contributed by atoms with Gasteiger partial charge in [0.2, 0.25) is 5.82 Å². The lowest BCUT2D eigenvalue weighted by Crippen LogP contribution is -2.48. The fourth-order valence-electron chi connectivity index (χ4n) is 1.88. The monoisotopic (exact) mass is 238 g/mol. The van der Waals surface area contributed by atoms with E-state index in [1.54, 1.807) is 0 Å².